The van der Waals surface area contributed by atoms with Gasteiger partial charge in [-0.3, -0.25) is 0 Å². The number of hydrogen-bond donors (Lipinski definition) is 0. The predicted octanol–water partition coefficient (Wildman–Crippen LogP) is 21.5. The molecule has 0 radical (unpaired) electrons. The van der Waals surface area contributed by atoms with Gasteiger partial charge in [0.25, 0.3) is 0 Å². The van der Waals surface area contributed by atoms with E-state index < -0.39 is 24.5 Å². The zero-order valence-electron chi connectivity index (χ0n) is 69.3. The lowest BCUT2D eigenvalue weighted by molar-refractivity contribution is -0.661. The normalized spacial score (nSPS) is 12.6. The Morgan fingerprint density at radius 2 is 0.516 bits per heavy atom. The predicted molar refractivity (Wildman–Crippen MR) is 407 cm³/mol. The van der Waals surface area contributed by atoms with Crippen LogP contribution in [0, 0.1) is 62.2 Å². The SMILES string of the molecule is Cc1ccccc1-c1cc(C(C)C)c(C(C)C)c[n+]1C.Cc1ccccc1-c1cc(C)c(C(C)C)c[n+]1C.Cc1ccccc1-c1cc(C)c(C(C)C)c[n+]1C.[2H]C(C)(C)c1cc(-c2ccccc2C)[n+](C)cc1C([2H])(C)C.[2H]C([2H])([2H])c1ccc(-c2cc(C)c(C([2H])(C)C)c[n+]2C)c(C)c1. The highest BCUT2D eigenvalue weighted by Crippen LogP contribution is 2.33. The summed E-state index contributed by atoms with van der Waals surface area (Å²) in [7, 11) is 10.4. The molecule has 0 unspecified atom stereocenters. The third-order valence-corrected chi connectivity index (χ3v) is 18.4. The summed E-state index contributed by atoms with van der Waals surface area (Å²) < 4.78 is 58.6. The van der Waals surface area contributed by atoms with Crippen LogP contribution in [0.4, 0.5) is 0 Å². The van der Waals surface area contributed by atoms with Crippen LogP contribution in [-0.2, 0) is 35.2 Å². The molecule has 95 heavy (non-hydrogen) atoms. The van der Waals surface area contributed by atoms with Crippen LogP contribution in [-0.4, -0.2) is 0 Å². The number of aromatic nitrogens is 5. The van der Waals surface area contributed by atoms with E-state index in [1.54, 1.807) is 12.1 Å². The van der Waals surface area contributed by atoms with Gasteiger partial charge in [-0.2, -0.15) is 0 Å². The van der Waals surface area contributed by atoms with Gasteiger partial charge in [-0.25, -0.2) is 22.8 Å². The van der Waals surface area contributed by atoms with Gasteiger partial charge in [-0.15, -0.1) is 0 Å². The summed E-state index contributed by atoms with van der Waals surface area (Å²) in [6.45, 7) is 44.3. The fourth-order valence-corrected chi connectivity index (χ4v) is 12.9. The van der Waals surface area contributed by atoms with Crippen molar-refractivity contribution in [1.82, 2.24) is 0 Å². The van der Waals surface area contributed by atoms with Crippen LogP contribution in [0.5, 0.6) is 0 Å². The highest BCUT2D eigenvalue weighted by Gasteiger charge is 2.24. The van der Waals surface area contributed by atoms with E-state index in [2.05, 4.69) is 270 Å². The van der Waals surface area contributed by atoms with Crippen molar-refractivity contribution in [3.63, 3.8) is 0 Å². The molecule has 10 aromatic rings. The molecule has 0 amide bonds. The van der Waals surface area contributed by atoms with Crippen molar-refractivity contribution in [2.75, 3.05) is 0 Å². The summed E-state index contributed by atoms with van der Waals surface area (Å²) in [5.41, 5.74) is 31.0. The first kappa shape index (κ1) is 66.9. The first-order chi connectivity index (χ1) is 46.8. The third-order valence-electron chi connectivity index (χ3n) is 18.4. The first-order valence-corrected chi connectivity index (χ1v) is 34.3. The van der Waals surface area contributed by atoms with Crippen molar-refractivity contribution in [2.24, 2.45) is 35.2 Å². The van der Waals surface area contributed by atoms with Crippen LogP contribution in [0.3, 0.4) is 0 Å². The maximum Gasteiger partial charge on any atom is 0.212 e. The maximum atomic E-state index is 8.48. The van der Waals surface area contributed by atoms with Crippen molar-refractivity contribution >= 4 is 0 Å². The van der Waals surface area contributed by atoms with Crippen molar-refractivity contribution in [1.29, 1.82) is 0 Å². The molecule has 0 saturated carbocycles. The number of nitrogens with zero attached hydrogens (tertiary/aromatic N) is 5. The fraction of sp³-hybridized carbons (Fsp3) is 0.389. The van der Waals surface area contributed by atoms with E-state index in [4.69, 9.17) is 8.22 Å². The molecule has 0 saturated heterocycles. The second-order valence-electron chi connectivity index (χ2n) is 28.4. The molecule has 5 aromatic carbocycles. The van der Waals surface area contributed by atoms with Crippen LogP contribution in [0.1, 0.15) is 236 Å². The summed E-state index contributed by atoms with van der Waals surface area (Å²) >= 11 is 0. The minimum atomic E-state index is -2.08. The number of benzene rings is 5. The first-order valence-electron chi connectivity index (χ1n) is 37.3. The molecule has 0 aliphatic heterocycles. The number of hydrogen-bond acceptors (Lipinski definition) is 0. The van der Waals surface area contributed by atoms with Gasteiger partial charge >= 0.3 is 0 Å². The Morgan fingerprint density at radius 1 is 0.253 bits per heavy atom. The molecule has 10 rings (SSSR count). The molecule has 0 N–H and O–H groups in total. The van der Waals surface area contributed by atoms with Crippen LogP contribution in [0.15, 0.2) is 177 Å². The lowest BCUT2D eigenvalue weighted by atomic mass is 9.90. The lowest BCUT2D eigenvalue weighted by Crippen LogP contribution is -2.32. The lowest BCUT2D eigenvalue weighted by Gasteiger charge is -2.16. The topological polar surface area (TPSA) is 19.4 Å². The van der Waals surface area contributed by atoms with Gasteiger partial charge in [0.05, 0.1) is 0 Å². The fourth-order valence-electron chi connectivity index (χ4n) is 12.9. The molecular formula is C90H120N5+5. The highest BCUT2D eigenvalue weighted by atomic mass is 14.9. The summed E-state index contributed by atoms with van der Waals surface area (Å²) in [6, 6.07) is 50.4. The highest BCUT2D eigenvalue weighted by molar-refractivity contribution is 5.66. The van der Waals surface area contributed by atoms with Crippen LogP contribution in [0.2, 0.25) is 0 Å². The van der Waals surface area contributed by atoms with E-state index in [1.165, 1.54) is 95.0 Å². The molecule has 0 fully saturated rings. The van der Waals surface area contributed by atoms with Crippen LogP contribution in [0.25, 0.3) is 56.3 Å². The van der Waals surface area contributed by atoms with Crippen molar-refractivity contribution in [3.05, 3.63) is 266 Å². The molecule has 0 aliphatic rings. The molecule has 5 heterocycles. The second-order valence-corrected chi connectivity index (χ2v) is 28.4. The maximum absolute atomic E-state index is 8.48. The Hall–Kier alpha value is -8.15. The zero-order valence-corrected chi connectivity index (χ0v) is 63.3. The summed E-state index contributed by atoms with van der Waals surface area (Å²) in [6.07, 6.45) is 10.8. The Morgan fingerprint density at radius 3 is 0.811 bits per heavy atom. The van der Waals surface area contributed by atoms with E-state index in [1.807, 2.05) is 105 Å². The zero-order chi connectivity index (χ0) is 75.7. The molecule has 0 spiro atoms. The van der Waals surface area contributed by atoms with Gasteiger partial charge < -0.3 is 0 Å². The number of aryl methyl sites for hydroxylation is 14. The molecule has 0 bridgehead atoms. The molecule has 5 heteroatoms. The van der Waals surface area contributed by atoms with E-state index in [0.717, 1.165) is 44.8 Å². The molecule has 5 aromatic heterocycles. The molecule has 500 valence electrons. The van der Waals surface area contributed by atoms with Gasteiger partial charge in [0.15, 0.2) is 31.0 Å². The number of pyridine rings is 5. The van der Waals surface area contributed by atoms with Gasteiger partial charge in [-0.05, 0) is 190 Å². The van der Waals surface area contributed by atoms with Crippen molar-refractivity contribution in [3.8, 4) is 56.3 Å². The van der Waals surface area contributed by atoms with Crippen LogP contribution < -0.4 is 22.8 Å². The monoisotopic (exact) mass is 1280 g/mol. The van der Waals surface area contributed by atoms with E-state index in [9.17, 15) is 0 Å². The smallest absolute Gasteiger partial charge is 0.201 e. The Kier molecular flexibility index (Phi) is 23.9. The number of rotatable bonds is 12. The third kappa shape index (κ3) is 19.3. The van der Waals surface area contributed by atoms with Gasteiger partial charge in [0.2, 0.25) is 28.5 Å². The Balaban J connectivity index is 0.000000199. The quantitative estimate of drug-likeness (QED) is 0.109. The standard InChI is InChI=1S/2C19H26N.C18H24N.2C17H22N/c2*1-13(2)17-11-19(16-10-8-7-9-15(16)5)20(6)12-18(17)14(3)4;1-12(2)17-11-19(6)18(10-15(17)5)16-8-7-13(3)9-14(16)4;2*1-12(2)16-11-18(5)17(10-14(16)4)15-9-7-6-8-13(15)3/h2*7-14H,1-6H3;7-12H,1-6H3;2*6-12H,1-5H3/q5*+1/i13D,14D;;3D3,12D;;. The minimum Gasteiger partial charge on any atom is -0.201 e. The Bertz CT molecular complexity index is 4410. The van der Waals surface area contributed by atoms with E-state index >= 15 is 0 Å². The molecular weight excluding hydrogens is 1150 g/mol. The van der Waals surface area contributed by atoms with Gasteiger partial charge in [0, 0.05) is 94.2 Å². The molecule has 0 atom stereocenters. The van der Waals surface area contributed by atoms with Gasteiger partial charge in [0.1, 0.15) is 35.2 Å². The summed E-state index contributed by atoms with van der Waals surface area (Å²) in [5.74, 6) is 0.139. The van der Waals surface area contributed by atoms with Gasteiger partial charge in [-0.1, -0.05) is 187 Å². The van der Waals surface area contributed by atoms with Crippen LogP contribution >= 0.6 is 0 Å². The largest absolute Gasteiger partial charge is 0.212 e. The average Bonchev–Trinajstić information content (AvgIpc) is 0.784. The van der Waals surface area contributed by atoms with Crippen molar-refractivity contribution in [2.45, 2.75) is 201 Å². The Labute approximate surface area is 585 Å². The molecule has 0 aliphatic carbocycles. The minimum absolute atomic E-state index is 0.363. The second kappa shape index (κ2) is 34.0. The molecule has 5 nitrogen and oxygen atoms in total. The summed E-state index contributed by atoms with van der Waals surface area (Å²) in [4.78, 5) is 0. The van der Waals surface area contributed by atoms with E-state index in [-0.39, 0.29) is 0 Å². The summed E-state index contributed by atoms with van der Waals surface area (Å²) in [5, 5.41) is 0. The van der Waals surface area contributed by atoms with Crippen molar-refractivity contribution < 1.29 is 31.1 Å². The average molecular weight is 1280 g/mol. The van der Waals surface area contributed by atoms with E-state index in [0.29, 0.717) is 29.2 Å².